The molecule has 116 valence electrons. The standard InChI is InChI=1S/C13H22BrN3S2.HI/c1-3-15-13(16-8-4-5-9-18-2)17-10-11-6-7-12(14)19-11;/h6-7H,3-5,8-10H2,1-2H3,(H2,15,16,17);1H. The number of aliphatic imine (C=N–C) groups is 1. The SMILES string of the molecule is CCNC(=NCc1ccc(Br)s1)NCCCCSC.I. The lowest BCUT2D eigenvalue weighted by Crippen LogP contribution is -2.37. The van der Waals surface area contributed by atoms with Gasteiger partial charge in [0.1, 0.15) is 0 Å². The van der Waals surface area contributed by atoms with Crippen molar-refractivity contribution in [3.05, 3.63) is 20.8 Å². The van der Waals surface area contributed by atoms with Gasteiger partial charge in [-0.3, -0.25) is 0 Å². The summed E-state index contributed by atoms with van der Waals surface area (Å²) in [6, 6.07) is 4.18. The van der Waals surface area contributed by atoms with Crippen molar-refractivity contribution in [1.29, 1.82) is 0 Å². The van der Waals surface area contributed by atoms with E-state index in [-0.39, 0.29) is 24.0 Å². The molecule has 2 N–H and O–H groups in total. The monoisotopic (exact) mass is 491 g/mol. The topological polar surface area (TPSA) is 36.4 Å². The van der Waals surface area contributed by atoms with Crippen LogP contribution in [0.5, 0.6) is 0 Å². The van der Waals surface area contributed by atoms with Gasteiger partial charge in [0.2, 0.25) is 0 Å². The molecule has 0 saturated carbocycles. The maximum Gasteiger partial charge on any atom is 0.191 e. The molecular weight excluding hydrogens is 469 g/mol. The molecule has 0 aliphatic rings. The number of nitrogens with zero attached hydrogens (tertiary/aromatic N) is 1. The summed E-state index contributed by atoms with van der Waals surface area (Å²) in [6.07, 6.45) is 4.60. The van der Waals surface area contributed by atoms with Crippen molar-refractivity contribution in [3.8, 4) is 0 Å². The number of hydrogen-bond donors (Lipinski definition) is 2. The summed E-state index contributed by atoms with van der Waals surface area (Å²) < 4.78 is 1.16. The molecule has 1 heterocycles. The number of thiophene rings is 1. The van der Waals surface area contributed by atoms with E-state index in [1.807, 2.05) is 11.8 Å². The van der Waals surface area contributed by atoms with Crippen LogP contribution in [0.15, 0.2) is 20.9 Å². The van der Waals surface area contributed by atoms with Gasteiger partial charge >= 0.3 is 0 Å². The van der Waals surface area contributed by atoms with E-state index in [0.29, 0.717) is 0 Å². The van der Waals surface area contributed by atoms with Crippen LogP contribution in [0.1, 0.15) is 24.6 Å². The molecule has 0 bridgehead atoms. The first-order chi connectivity index (χ1) is 9.26. The molecule has 1 aromatic rings. The molecule has 0 aliphatic heterocycles. The van der Waals surface area contributed by atoms with Gasteiger partial charge in [0, 0.05) is 18.0 Å². The number of unbranched alkanes of at least 4 members (excludes halogenated alkanes) is 1. The number of hydrogen-bond acceptors (Lipinski definition) is 3. The molecule has 0 unspecified atom stereocenters. The molecule has 0 spiro atoms. The second kappa shape index (κ2) is 13.2. The molecular formula is C13H23BrIN3S2. The Morgan fingerprint density at radius 2 is 2.15 bits per heavy atom. The van der Waals surface area contributed by atoms with Crippen LogP contribution >= 0.6 is 63.0 Å². The third kappa shape index (κ3) is 9.46. The molecule has 3 nitrogen and oxygen atoms in total. The van der Waals surface area contributed by atoms with Crippen LogP contribution in [-0.4, -0.2) is 31.1 Å². The Morgan fingerprint density at radius 1 is 1.35 bits per heavy atom. The fourth-order valence-electron chi connectivity index (χ4n) is 1.51. The number of guanidine groups is 1. The van der Waals surface area contributed by atoms with Gasteiger partial charge in [-0.25, -0.2) is 4.99 Å². The Bertz CT molecular complexity index is 385. The fourth-order valence-corrected chi connectivity index (χ4v) is 3.41. The van der Waals surface area contributed by atoms with Crippen LogP contribution < -0.4 is 10.6 Å². The highest BCUT2D eigenvalue weighted by atomic mass is 127. The lowest BCUT2D eigenvalue weighted by atomic mass is 10.3. The highest BCUT2D eigenvalue weighted by Gasteiger charge is 1.99. The number of thioether (sulfide) groups is 1. The zero-order valence-electron chi connectivity index (χ0n) is 11.9. The summed E-state index contributed by atoms with van der Waals surface area (Å²) in [4.78, 5) is 5.86. The zero-order valence-corrected chi connectivity index (χ0v) is 17.5. The molecule has 0 aromatic carbocycles. The van der Waals surface area contributed by atoms with Crippen LogP contribution in [0.25, 0.3) is 0 Å². The third-order valence-electron chi connectivity index (χ3n) is 2.43. The minimum absolute atomic E-state index is 0. The van der Waals surface area contributed by atoms with Crippen molar-refractivity contribution in [2.75, 3.05) is 25.1 Å². The second-order valence-electron chi connectivity index (χ2n) is 4.03. The smallest absolute Gasteiger partial charge is 0.191 e. The van der Waals surface area contributed by atoms with Crippen molar-refractivity contribution >= 4 is 69.0 Å². The van der Waals surface area contributed by atoms with Gasteiger partial charge in [0.05, 0.1) is 10.3 Å². The predicted molar refractivity (Wildman–Crippen MR) is 108 cm³/mol. The van der Waals surface area contributed by atoms with E-state index in [2.05, 4.69) is 56.9 Å². The zero-order chi connectivity index (χ0) is 13.9. The summed E-state index contributed by atoms with van der Waals surface area (Å²) >= 11 is 7.11. The molecule has 7 heteroatoms. The first-order valence-corrected chi connectivity index (χ1v) is 9.52. The maximum absolute atomic E-state index is 4.59. The molecule has 1 rings (SSSR count). The van der Waals surface area contributed by atoms with E-state index in [1.165, 1.54) is 23.5 Å². The van der Waals surface area contributed by atoms with Crippen LogP contribution in [0.4, 0.5) is 0 Å². The molecule has 0 saturated heterocycles. The lowest BCUT2D eigenvalue weighted by molar-refractivity contribution is 0.735. The molecule has 0 radical (unpaired) electrons. The first kappa shape index (κ1) is 20.5. The minimum atomic E-state index is 0. The quantitative estimate of drug-likeness (QED) is 0.246. The molecule has 0 amide bonds. The van der Waals surface area contributed by atoms with Gasteiger partial charge in [-0.05, 0) is 59.8 Å². The maximum atomic E-state index is 4.59. The van der Waals surface area contributed by atoms with E-state index in [9.17, 15) is 0 Å². The van der Waals surface area contributed by atoms with Gasteiger partial charge in [-0.1, -0.05) is 0 Å². The number of rotatable bonds is 8. The summed E-state index contributed by atoms with van der Waals surface area (Å²) in [7, 11) is 0. The summed E-state index contributed by atoms with van der Waals surface area (Å²) in [5.74, 6) is 2.15. The van der Waals surface area contributed by atoms with E-state index in [4.69, 9.17) is 0 Å². The van der Waals surface area contributed by atoms with Gasteiger partial charge in [0.25, 0.3) is 0 Å². The van der Waals surface area contributed by atoms with E-state index in [1.54, 1.807) is 11.3 Å². The predicted octanol–water partition coefficient (Wildman–Crippen LogP) is 4.33. The van der Waals surface area contributed by atoms with E-state index in [0.717, 1.165) is 29.4 Å². The van der Waals surface area contributed by atoms with Gasteiger partial charge in [-0.15, -0.1) is 35.3 Å². The van der Waals surface area contributed by atoms with Crippen LogP contribution in [0.2, 0.25) is 0 Å². The highest BCUT2D eigenvalue weighted by Crippen LogP contribution is 2.22. The average Bonchev–Trinajstić information content (AvgIpc) is 2.81. The number of halogens is 2. The van der Waals surface area contributed by atoms with E-state index >= 15 is 0 Å². The molecule has 0 aliphatic carbocycles. The minimum Gasteiger partial charge on any atom is -0.357 e. The van der Waals surface area contributed by atoms with Gasteiger partial charge in [0.15, 0.2) is 5.96 Å². The lowest BCUT2D eigenvalue weighted by Gasteiger charge is -2.10. The van der Waals surface area contributed by atoms with Crippen molar-refractivity contribution in [1.82, 2.24) is 10.6 Å². The average molecular weight is 492 g/mol. The Labute approximate surface area is 155 Å². The fraction of sp³-hybridized carbons (Fsp3) is 0.615. The summed E-state index contributed by atoms with van der Waals surface area (Å²) in [5, 5.41) is 6.66. The highest BCUT2D eigenvalue weighted by molar-refractivity contribution is 14.0. The van der Waals surface area contributed by atoms with Gasteiger partial charge in [-0.2, -0.15) is 11.8 Å². The van der Waals surface area contributed by atoms with Crippen LogP contribution in [-0.2, 0) is 6.54 Å². The van der Waals surface area contributed by atoms with E-state index < -0.39 is 0 Å². The normalized spacial score (nSPS) is 11.1. The molecule has 0 atom stereocenters. The van der Waals surface area contributed by atoms with Gasteiger partial charge < -0.3 is 10.6 Å². The van der Waals surface area contributed by atoms with Crippen molar-refractivity contribution < 1.29 is 0 Å². The Kier molecular flexibility index (Phi) is 13.6. The second-order valence-corrected chi connectivity index (χ2v) is 7.56. The van der Waals surface area contributed by atoms with Crippen LogP contribution in [0.3, 0.4) is 0 Å². The van der Waals surface area contributed by atoms with Crippen molar-refractivity contribution in [2.45, 2.75) is 26.3 Å². The summed E-state index contributed by atoms with van der Waals surface area (Å²) in [5.41, 5.74) is 0. The largest absolute Gasteiger partial charge is 0.357 e. The Morgan fingerprint density at radius 3 is 2.75 bits per heavy atom. The van der Waals surface area contributed by atoms with Crippen molar-refractivity contribution in [3.63, 3.8) is 0 Å². The van der Waals surface area contributed by atoms with Crippen LogP contribution in [0, 0.1) is 0 Å². The molecule has 20 heavy (non-hydrogen) atoms. The Hall–Kier alpha value is 0.530. The molecule has 1 aromatic heterocycles. The number of nitrogens with one attached hydrogen (secondary N) is 2. The third-order valence-corrected chi connectivity index (χ3v) is 4.74. The first-order valence-electron chi connectivity index (χ1n) is 6.51. The summed E-state index contributed by atoms with van der Waals surface area (Å²) in [6.45, 7) is 4.70. The molecule has 0 fully saturated rings. The van der Waals surface area contributed by atoms with Crippen molar-refractivity contribution in [2.24, 2.45) is 4.99 Å². The Balaban J connectivity index is 0.00000361.